The van der Waals surface area contributed by atoms with E-state index in [0.29, 0.717) is 11.4 Å². The third-order valence-electron chi connectivity index (χ3n) is 3.15. The number of likely N-dealkylation sites (tertiary alicyclic amines) is 1. The molecule has 1 unspecified atom stereocenters. The van der Waals surface area contributed by atoms with Crippen LogP contribution in [0.4, 0.5) is 0 Å². The van der Waals surface area contributed by atoms with Crippen LogP contribution in [-0.4, -0.2) is 28.4 Å². The van der Waals surface area contributed by atoms with E-state index in [0.717, 1.165) is 29.4 Å². The number of halogens is 1. The third-order valence-corrected chi connectivity index (χ3v) is 3.91. The Labute approximate surface area is 120 Å². The molecule has 1 atom stereocenters. The van der Waals surface area contributed by atoms with E-state index in [2.05, 4.69) is 15.9 Å². The van der Waals surface area contributed by atoms with E-state index in [1.54, 1.807) is 0 Å². The van der Waals surface area contributed by atoms with Crippen LogP contribution < -0.4 is 5.73 Å². The van der Waals surface area contributed by atoms with Crippen LogP contribution in [0.2, 0.25) is 0 Å². The standard InChI is InChI=1S/C13H15BrN2OS/c14-10-4-1-3-9(7-10)8-12(17)16-6-2-5-11(16)13(15)18/h1,3-4,7,11H,2,5-6,8H2,(H2,15,18). The van der Waals surface area contributed by atoms with Gasteiger partial charge in [-0.2, -0.15) is 0 Å². The summed E-state index contributed by atoms with van der Waals surface area (Å²) in [6.45, 7) is 0.759. The van der Waals surface area contributed by atoms with Crippen LogP contribution in [0.3, 0.4) is 0 Å². The van der Waals surface area contributed by atoms with Gasteiger partial charge in [-0.25, -0.2) is 0 Å². The van der Waals surface area contributed by atoms with E-state index >= 15 is 0 Å². The molecule has 96 valence electrons. The molecule has 1 aliphatic heterocycles. The molecule has 0 saturated carbocycles. The summed E-state index contributed by atoms with van der Waals surface area (Å²) in [6, 6.07) is 7.74. The summed E-state index contributed by atoms with van der Waals surface area (Å²) in [4.78, 5) is 14.5. The Balaban J connectivity index is 2.06. The average Bonchev–Trinajstić information content (AvgIpc) is 2.77. The highest BCUT2D eigenvalue weighted by Gasteiger charge is 2.30. The zero-order valence-electron chi connectivity index (χ0n) is 9.93. The molecule has 0 spiro atoms. The smallest absolute Gasteiger partial charge is 0.227 e. The van der Waals surface area contributed by atoms with Crippen LogP contribution in [0.5, 0.6) is 0 Å². The Hall–Kier alpha value is -0.940. The summed E-state index contributed by atoms with van der Waals surface area (Å²) in [5.74, 6) is 0.100. The first-order valence-electron chi connectivity index (χ1n) is 5.91. The Morgan fingerprint density at radius 3 is 3.00 bits per heavy atom. The molecule has 1 aliphatic rings. The molecular weight excluding hydrogens is 312 g/mol. The van der Waals surface area contributed by atoms with Gasteiger partial charge < -0.3 is 10.6 Å². The summed E-state index contributed by atoms with van der Waals surface area (Å²) >= 11 is 8.42. The van der Waals surface area contributed by atoms with E-state index in [9.17, 15) is 4.79 Å². The molecule has 1 amide bonds. The maximum absolute atomic E-state index is 12.2. The number of carbonyl (C=O) groups is 1. The number of rotatable bonds is 3. The molecule has 0 aliphatic carbocycles. The lowest BCUT2D eigenvalue weighted by molar-refractivity contribution is -0.130. The molecule has 0 radical (unpaired) electrons. The van der Waals surface area contributed by atoms with Crippen molar-refractivity contribution in [2.45, 2.75) is 25.3 Å². The van der Waals surface area contributed by atoms with Gasteiger partial charge in [-0.1, -0.05) is 40.3 Å². The Kier molecular flexibility index (Phi) is 4.35. The number of hydrogen-bond donors (Lipinski definition) is 1. The molecule has 2 N–H and O–H groups in total. The second kappa shape index (κ2) is 5.80. The first kappa shape index (κ1) is 13.5. The van der Waals surface area contributed by atoms with Crippen LogP contribution in [0.25, 0.3) is 0 Å². The molecule has 18 heavy (non-hydrogen) atoms. The van der Waals surface area contributed by atoms with Crippen molar-refractivity contribution in [1.82, 2.24) is 4.90 Å². The molecule has 1 heterocycles. The van der Waals surface area contributed by atoms with Gasteiger partial charge >= 0.3 is 0 Å². The van der Waals surface area contributed by atoms with E-state index in [1.807, 2.05) is 29.2 Å². The number of carbonyl (C=O) groups excluding carboxylic acids is 1. The average molecular weight is 327 g/mol. The third kappa shape index (κ3) is 3.09. The van der Waals surface area contributed by atoms with Crippen molar-refractivity contribution in [2.75, 3.05) is 6.54 Å². The SMILES string of the molecule is NC(=S)C1CCCN1C(=O)Cc1cccc(Br)c1. The van der Waals surface area contributed by atoms with Gasteiger partial charge in [0, 0.05) is 11.0 Å². The lowest BCUT2D eigenvalue weighted by atomic mass is 10.1. The van der Waals surface area contributed by atoms with Crippen molar-refractivity contribution >= 4 is 39.0 Å². The first-order valence-corrected chi connectivity index (χ1v) is 7.11. The highest BCUT2D eigenvalue weighted by Crippen LogP contribution is 2.20. The van der Waals surface area contributed by atoms with Gasteiger partial charge in [0.25, 0.3) is 0 Å². The molecule has 1 aromatic rings. The maximum atomic E-state index is 12.2. The van der Waals surface area contributed by atoms with Crippen LogP contribution in [0.15, 0.2) is 28.7 Å². The lowest BCUT2D eigenvalue weighted by Crippen LogP contribution is -2.43. The zero-order chi connectivity index (χ0) is 13.1. The summed E-state index contributed by atoms with van der Waals surface area (Å²) in [7, 11) is 0. The topological polar surface area (TPSA) is 46.3 Å². The van der Waals surface area contributed by atoms with E-state index in [-0.39, 0.29) is 11.9 Å². The van der Waals surface area contributed by atoms with E-state index in [1.165, 1.54) is 0 Å². The minimum Gasteiger partial charge on any atom is -0.392 e. The molecule has 0 bridgehead atoms. The lowest BCUT2D eigenvalue weighted by Gasteiger charge is -2.23. The number of amides is 1. The van der Waals surface area contributed by atoms with E-state index in [4.69, 9.17) is 18.0 Å². The summed E-state index contributed by atoms with van der Waals surface area (Å²) < 4.78 is 0.986. The maximum Gasteiger partial charge on any atom is 0.227 e. The number of thiocarbonyl (C=S) groups is 1. The van der Waals surface area contributed by atoms with Gasteiger partial charge in [-0.3, -0.25) is 4.79 Å². The van der Waals surface area contributed by atoms with Gasteiger partial charge in [0.2, 0.25) is 5.91 Å². The summed E-state index contributed by atoms with van der Waals surface area (Å²) in [5.41, 5.74) is 6.68. The molecule has 2 rings (SSSR count). The minimum atomic E-state index is -0.0559. The Morgan fingerprint density at radius 1 is 1.56 bits per heavy atom. The summed E-state index contributed by atoms with van der Waals surface area (Å²) in [6.07, 6.45) is 2.27. The van der Waals surface area contributed by atoms with Crippen molar-refractivity contribution in [1.29, 1.82) is 0 Å². The van der Waals surface area contributed by atoms with Crippen LogP contribution in [0.1, 0.15) is 18.4 Å². The van der Waals surface area contributed by atoms with Gasteiger partial charge in [0.15, 0.2) is 0 Å². The predicted octanol–water partition coefficient (Wildman–Crippen LogP) is 2.27. The highest BCUT2D eigenvalue weighted by molar-refractivity contribution is 9.10. The van der Waals surface area contributed by atoms with Crippen molar-refractivity contribution in [2.24, 2.45) is 5.73 Å². The monoisotopic (exact) mass is 326 g/mol. The molecule has 3 nitrogen and oxygen atoms in total. The zero-order valence-corrected chi connectivity index (χ0v) is 12.3. The second-order valence-electron chi connectivity index (χ2n) is 4.45. The first-order chi connectivity index (χ1) is 8.58. The quantitative estimate of drug-likeness (QED) is 0.867. The van der Waals surface area contributed by atoms with Gasteiger partial charge in [0.05, 0.1) is 17.5 Å². The van der Waals surface area contributed by atoms with Crippen LogP contribution >= 0.6 is 28.1 Å². The van der Waals surface area contributed by atoms with Gasteiger partial charge in [0.1, 0.15) is 0 Å². The number of benzene rings is 1. The van der Waals surface area contributed by atoms with Crippen molar-refractivity contribution < 1.29 is 4.79 Å². The number of nitrogens with zero attached hydrogens (tertiary/aromatic N) is 1. The van der Waals surface area contributed by atoms with Gasteiger partial charge in [-0.05, 0) is 30.5 Å². The second-order valence-corrected chi connectivity index (χ2v) is 5.84. The molecule has 1 fully saturated rings. The highest BCUT2D eigenvalue weighted by atomic mass is 79.9. The minimum absolute atomic E-state index is 0.0559. The fourth-order valence-electron chi connectivity index (χ4n) is 2.28. The fraction of sp³-hybridized carbons (Fsp3) is 0.385. The van der Waals surface area contributed by atoms with Crippen molar-refractivity contribution in [3.8, 4) is 0 Å². The Morgan fingerprint density at radius 2 is 2.33 bits per heavy atom. The van der Waals surface area contributed by atoms with Crippen LogP contribution in [0, 0.1) is 0 Å². The number of hydrogen-bond acceptors (Lipinski definition) is 2. The van der Waals surface area contributed by atoms with Crippen LogP contribution in [-0.2, 0) is 11.2 Å². The molecule has 0 aromatic heterocycles. The molecular formula is C13H15BrN2OS. The fourth-order valence-corrected chi connectivity index (χ4v) is 2.98. The van der Waals surface area contributed by atoms with Crippen molar-refractivity contribution in [3.05, 3.63) is 34.3 Å². The Bertz CT molecular complexity index is 478. The van der Waals surface area contributed by atoms with Gasteiger partial charge in [-0.15, -0.1) is 0 Å². The van der Waals surface area contributed by atoms with E-state index < -0.39 is 0 Å². The normalized spacial score (nSPS) is 18.9. The molecule has 1 aromatic carbocycles. The largest absolute Gasteiger partial charge is 0.392 e. The molecule has 1 saturated heterocycles. The van der Waals surface area contributed by atoms with Crippen molar-refractivity contribution in [3.63, 3.8) is 0 Å². The number of nitrogens with two attached hydrogens (primary N) is 1. The predicted molar refractivity (Wildman–Crippen MR) is 79.4 cm³/mol. The molecule has 5 heteroatoms. The summed E-state index contributed by atoms with van der Waals surface area (Å²) in [5, 5.41) is 0.